The fourth-order valence-electron chi connectivity index (χ4n) is 3.76. The second kappa shape index (κ2) is 9.23. The molecule has 7 nitrogen and oxygen atoms in total. The summed E-state index contributed by atoms with van der Waals surface area (Å²) >= 11 is 0. The van der Waals surface area contributed by atoms with Crippen LogP contribution in [0.3, 0.4) is 0 Å². The maximum absolute atomic E-state index is 13.5. The summed E-state index contributed by atoms with van der Waals surface area (Å²) in [7, 11) is -1.08. The van der Waals surface area contributed by atoms with Gasteiger partial charge < -0.3 is 15.4 Å². The number of nitrogens with one attached hydrogen (secondary N) is 2. The molecule has 2 aromatic heterocycles. The van der Waals surface area contributed by atoms with Gasteiger partial charge >= 0.3 is 6.18 Å². The van der Waals surface area contributed by atoms with Gasteiger partial charge in [0.2, 0.25) is 5.88 Å². The maximum atomic E-state index is 13.5. The van der Waals surface area contributed by atoms with E-state index in [9.17, 15) is 21.6 Å². The number of pyridine rings is 1. The van der Waals surface area contributed by atoms with Crippen LogP contribution in [0.2, 0.25) is 0 Å². The van der Waals surface area contributed by atoms with Gasteiger partial charge in [-0.25, -0.2) is 17.4 Å². The second-order valence-corrected chi connectivity index (χ2v) is 9.67. The predicted molar refractivity (Wildman–Crippen MR) is 128 cm³/mol. The van der Waals surface area contributed by atoms with Gasteiger partial charge in [-0.05, 0) is 55.9 Å². The van der Waals surface area contributed by atoms with Crippen molar-refractivity contribution < 1.29 is 26.3 Å². The molecule has 2 aromatic carbocycles. The van der Waals surface area contributed by atoms with Gasteiger partial charge in [-0.15, -0.1) is 0 Å². The Morgan fingerprint density at radius 2 is 1.86 bits per heavy atom. The van der Waals surface area contributed by atoms with Gasteiger partial charge in [0.1, 0.15) is 0 Å². The number of nitrogens with zero attached hydrogens (tertiary/aromatic N) is 2. The lowest BCUT2D eigenvalue weighted by Crippen LogP contribution is -2.14. The maximum Gasteiger partial charge on any atom is 0.416 e. The normalized spacial score (nSPS) is 12.2. The average Bonchev–Trinajstić information content (AvgIpc) is 3.18. The number of methoxy groups -OCH3 is 1. The summed E-state index contributed by atoms with van der Waals surface area (Å²) in [4.78, 5) is 3.87. The van der Waals surface area contributed by atoms with E-state index in [1.807, 2.05) is 0 Å². The molecule has 0 unspecified atom stereocenters. The Kier molecular flexibility index (Phi) is 6.48. The summed E-state index contributed by atoms with van der Waals surface area (Å²) in [6, 6.07) is 12.4. The summed E-state index contributed by atoms with van der Waals surface area (Å²) in [5, 5.41) is 6.86. The zero-order chi connectivity index (χ0) is 25.4. The molecule has 0 saturated carbocycles. The summed E-state index contributed by atoms with van der Waals surface area (Å²) in [5.74, 6) is 0.460. The van der Waals surface area contributed by atoms with E-state index in [0.29, 0.717) is 52.0 Å². The van der Waals surface area contributed by atoms with Crippen LogP contribution in [0.1, 0.15) is 16.8 Å². The molecule has 0 spiro atoms. The Bertz CT molecular complexity index is 1500. The molecule has 184 valence electrons. The van der Waals surface area contributed by atoms with E-state index >= 15 is 0 Å². The minimum absolute atomic E-state index is 0.330. The molecule has 0 fully saturated rings. The molecule has 0 radical (unpaired) electrons. The zero-order valence-electron chi connectivity index (χ0n) is 19.1. The van der Waals surface area contributed by atoms with Crippen LogP contribution in [-0.4, -0.2) is 31.5 Å². The quantitative estimate of drug-likeness (QED) is 0.366. The SMILES string of the molecule is CNCc1cn(S(=O)(=O)c2cccc(C(F)(F)F)c2)c2cc(Nc3ccc(OC)nc3C)ccc12. The number of anilines is 2. The first-order valence-electron chi connectivity index (χ1n) is 10.5. The number of rotatable bonds is 7. The van der Waals surface area contributed by atoms with E-state index in [1.165, 1.54) is 13.3 Å². The molecule has 4 aromatic rings. The van der Waals surface area contributed by atoms with Crippen molar-refractivity contribution >= 4 is 32.3 Å². The summed E-state index contributed by atoms with van der Waals surface area (Å²) < 4.78 is 72.8. The number of benzene rings is 2. The van der Waals surface area contributed by atoms with Crippen molar-refractivity contribution in [3.63, 3.8) is 0 Å². The molecule has 0 aliphatic rings. The molecule has 0 atom stereocenters. The number of halogens is 3. The van der Waals surface area contributed by atoms with Gasteiger partial charge in [0.15, 0.2) is 0 Å². The van der Waals surface area contributed by atoms with Crippen LogP contribution >= 0.6 is 0 Å². The highest BCUT2D eigenvalue weighted by atomic mass is 32.2. The largest absolute Gasteiger partial charge is 0.481 e. The molecule has 0 aliphatic heterocycles. The number of aromatic nitrogens is 2. The summed E-state index contributed by atoms with van der Waals surface area (Å²) in [6.45, 7) is 2.17. The van der Waals surface area contributed by atoms with E-state index in [1.54, 1.807) is 44.3 Å². The first-order valence-corrected chi connectivity index (χ1v) is 12.0. The molecule has 2 heterocycles. The van der Waals surface area contributed by atoms with Crippen LogP contribution in [0.25, 0.3) is 10.9 Å². The van der Waals surface area contributed by atoms with Crippen molar-refractivity contribution in [1.82, 2.24) is 14.3 Å². The number of ether oxygens (including phenoxy) is 1. The topological polar surface area (TPSA) is 85.2 Å². The van der Waals surface area contributed by atoms with Crippen LogP contribution < -0.4 is 15.4 Å². The minimum atomic E-state index is -4.66. The molecule has 35 heavy (non-hydrogen) atoms. The number of aryl methyl sites for hydroxylation is 1. The Morgan fingerprint density at radius 1 is 1.09 bits per heavy atom. The molecular formula is C24H23F3N4O3S. The lowest BCUT2D eigenvalue weighted by molar-refractivity contribution is -0.137. The third-order valence-electron chi connectivity index (χ3n) is 5.49. The van der Waals surface area contributed by atoms with E-state index in [4.69, 9.17) is 4.74 Å². The smallest absolute Gasteiger partial charge is 0.416 e. The standard InChI is InChI=1S/C24H23F3N4O3S/c1-15-21(9-10-23(29-15)34-3)30-18-7-8-20-16(13-28-2)14-31(22(20)12-18)35(32,33)19-6-4-5-17(11-19)24(25,26)27/h4-12,14,28,30H,13H2,1-3H3. The molecular weight excluding hydrogens is 481 g/mol. The van der Waals surface area contributed by atoms with Crippen molar-refractivity contribution in [2.24, 2.45) is 0 Å². The van der Waals surface area contributed by atoms with Gasteiger partial charge in [-0.1, -0.05) is 12.1 Å². The van der Waals surface area contributed by atoms with Gasteiger partial charge in [0.25, 0.3) is 10.0 Å². The van der Waals surface area contributed by atoms with E-state index in [2.05, 4.69) is 15.6 Å². The third kappa shape index (κ3) is 4.82. The summed E-state index contributed by atoms with van der Waals surface area (Å²) in [6.07, 6.45) is -3.23. The zero-order valence-corrected chi connectivity index (χ0v) is 20.0. The van der Waals surface area contributed by atoms with Gasteiger partial charge in [-0.3, -0.25) is 0 Å². The molecule has 0 aliphatic carbocycles. The van der Waals surface area contributed by atoms with Crippen LogP contribution in [0.4, 0.5) is 24.5 Å². The van der Waals surface area contributed by atoms with Crippen molar-refractivity contribution in [1.29, 1.82) is 0 Å². The first-order chi connectivity index (χ1) is 16.5. The van der Waals surface area contributed by atoms with Crippen molar-refractivity contribution in [2.75, 3.05) is 19.5 Å². The Morgan fingerprint density at radius 3 is 2.51 bits per heavy atom. The molecule has 0 saturated heterocycles. The monoisotopic (exact) mass is 504 g/mol. The lowest BCUT2D eigenvalue weighted by atomic mass is 10.1. The average molecular weight is 505 g/mol. The first kappa shape index (κ1) is 24.6. The number of fused-ring (bicyclic) bond motifs is 1. The Labute approximate surface area is 200 Å². The Hall–Kier alpha value is -3.57. The Balaban J connectivity index is 1.83. The highest BCUT2D eigenvalue weighted by Crippen LogP contribution is 2.33. The van der Waals surface area contributed by atoms with E-state index < -0.39 is 26.7 Å². The van der Waals surface area contributed by atoms with Crippen LogP contribution in [-0.2, 0) is 22.7 Å². The minimum Gasteiger partial charge on any atom is -0.481 e. The fourth-order valence-corrected chi connectivity index (χ4v) is 5.19. The van der Waals surface area contributed by atoms with Gasteiger partial charge in [0.05, 0.1) is 34.5 Å². The van der Waals surface area contributed by atoms with E-state index in [-0.39, 0.29) is 0 Å². The lowest BCUT2D eigenvalue weighted by Gasteiger charge is -2.13. The fraction of sp³-hybridized carbons (Fsp3) is 0.208. The molecule has 11 heteroatoms. The molecule has 0 bridgehead atoms. The number of hydrogen-bond donors (Lipinski definition) is 2. The van der Waals surface area contributed by atoms with Crippen LogP contribution in [0.5, 0.6) is 5.88 Å². The second-order valence-electron chi connectivity index (χ2n) is 7.85. The number of alkyl halides is 3. The highest BCUT2D eigenvalue weighted by molar-refractivity contribution is 7.90. The number of hydrogen-bond acceptors (Lipinski definition) is 6. The third-order valence-corrected chi connectivity index (χ3v) is 7.16. The molecule has 0 amide bonds. The van der Waals surface area contributed by atoms with Gasteiger partial charge in [-0.2, -0.15) is 13.2 Å². The van der Waals surface area contributed by atoms with Crippen molar-refractivity contribution in [3.05, 3.63) is 77.6 Å². The molecule has 4 rings (SSSR count). The van der Waals surface area contributed by atoms with Gasteiger partial charge in [0, 0.05) is 29.9 Å². The van der Waals surface area contributed by atoms with Crippen molar-refractivity contribution in [2.45, 2.75) is 24.5 Å². The van der Waals surface area contributed by atoms with Crippen LogP contribution in [0, 0.1) is 6.92 Å². The van der Waals surface area contributed by atoms with Crippen molar-refractivity contribution in [3.8, 4) is 5.88 Å². The van der Waals surface area contributed by atoms with E-state index in [0.717, 1.165) is 22.2 Å². The highest BCUT2D eigenvalue weighted by Gasteiger charge is 2.32. The summed E-state index contributed by atoms with van der Waals surface area (Å²) in [5.41, 5.74) is 1.94. The predicted octanol–water partition coefficient (Wildman–Crippen LogP) is 5.07. The van der Waals surface area contributed by atoms with Crippen LogP contribution in [0.15, 0.2) is 65.7 Å². The molecule has 2 N–H and O–H groups in total.